The highest BCUT2D eigenvalue weighted by atomic mass is 16.7. The number of carbonyl (C=O) groups is 1. The summed E-state index contributed by atoms with van der Waals surface area (Å²) in [6.07, 6.45) is 0. The minimum Gasteiger partial charge on any atom is -0.496 e. The first-order valence-electron chi connectivity index (χ1n) is 9.09. The van der Waals surface area contributed by atoms with Crippen molar-refractivity contribution in [3.8, 4) is 5.75 Å². The average molecular weight is 367 g/mol. The van der Waals surface area contributed by atoms with Crippen molar-refractivity contribution < 1.29 is 18.8 Å². The summed E-state index contributed by atoms with van der Waals surface area (Å²) in [6.45, 7) is 7.97. The molecular weight excluding hydrogens is 341 g/mol. The summed E-state index contributed by atoms with van der Waals surface area (Å²) < 4.78 is 18.0. The number of para-hydroxylation sites is 1. The van der Waals surface area contributed by atoms with Gasteiger partial charge in [0, 0.05) is 11.1 Å². The molecule has 142 valence electrons. The van der Waals surface area contributed by atoms with E-state index in [0.29, 0.717) is 11.3 Å². The molecule has 2 aromatic carbocycles. The van der Waals surface area contributed by atoms with Gasteiger partial charge in [0.2, 0.25) is 0 Å². The number of nitrogens with one attached hydrogen (secondary N) is 1. The monoisotopic (exact) mass is 367 g/mol. The van der Waals surface area contributed by atoms with Gasteiger partial charge in [0.25, 0.3) is 5.91 Å². The van der Waals surface area contributed by atoms with Gasteiger partial charge in [-0.1, -0.05) is 36.4 Å². The fraction of sp³-hybridized carbons (Fsp3) is 0.381. The standard InChI is InChI=1S/C21H26BNO4/c1-20(2)21(3,4)27-22(26-20)18(16-13-9-10-14-17(16)25-5)23-19(24)15-11-7-6-8-12-15/h6-14,18H,1-5H3,(H,23,24)/t18-/m0/s1. The molecule has 1 atom stereocenters. The van der Waals surface area contributed by atoms with Crippen LogP contribution >= 0.6 is 0 Å². The van der Waals surface area contributed by atoms with Crippen LogP contribution in [0.5, 0.6) is 5.75 Å². The highest BCUT2D eigenvalue weighted by Gasteiger charge is 2.54. The Bertz CT molecular complexity index is 791. The molecule has 6 heteroatoms. The van der Waals surface area contributed by atoms with Gasteiger partial charge in [-0.15, -0.1) is 0 Å². The molecule has 1 aliphatic heterocycles. The van der Waals surface area contributed by atoms with Crippen LogP contribution in [-0.2, 0) is 9.31 Å². The summed E-state index contributed by atoms with van der Waals surface area (Å²) in [5.74, 6) is -0.0401. The van der Waals surface area contributed by atoms with Gasteiger partial charge < -0.3 is 19.4 Å². The fourth-order valence-electron chi connectivity index (χ4n) is 3.05. The van der Waals surface area contributed by atoms with Gasteiger partial charge in [-0.05, 0) is 45.9 Å². The molecule has 1 saturated heterocycles. The fourth-order valence-corrected chi connectivity index (χ4v) is 3.05. The van der Waals surface area contributed by atoms with Crippen LogP contribution in [-0.4, -0.2) is 31.3 Å². The van der Waals surface area contributed by atoms with Crippen molar-refractivity contribution in [1.29, 1.82) is 0 Å². The third-order valence-electron chi connectivity index (χ3n) is 5.34. The number of benzene rings is 2. The Labute approximate surface area is 161 Å². The average Bonchev–Trinajstić information content (AvgIpc) is 2.87. The zero-order valence-electron chi connectivity index (χ0n) is 16.5. The normalized spacial score (nSPS) is 18.8. The molecule has 1 fully saturated rings. The summed E-state index contributed by atoms with van der Waals surface area (Å²) >= 11 is 0. The number of rotatable bonds is 5. The molecule has 0 aliphatic carbocycles. The predicted molar refractivity (Wildman–Crippen MR) is 106 cm³/mol. The number of amides is 1. The first kappa shape index (κ1) is 19.5. The highest BCUT2D eigenvalue weighted by molar-refractivity contribution is 6.48. The number of hydrogen-bond acceptors (Lipinski definition) is 4. The lowest BCUT2D eigenvalue weighted by molar-refractivity contribution is 0.00578. The third-order valence-corrected chi connectivity index (χ3v) is 5.34. The van der Waals surface area contributed by atoms with Gasteiger partial charge in [0.1, 0.15) is 5.75 Å². The molecule has 3 rings (SSSR count). The first-order valence-corrected chi connectivity index (χ1v) is 9.09. The van der Waals surface area contributed by atoms with Crippen LogP contribution in [0.15, 0.2) is 54.6 Å². The molecule has 0 saturated carbocycles. The maximum atomic E-state index is 12.8. The van der Waals surface area contributed by atoms with Crippen LogP contribution in [0.2, 0.25) is 0 Å². The Morgan fingerprint density at radius 2 is 1.52 bits per heavy atom. The highest BCUT2D eigenvalue weighted by Crippen LogP contribution is 2.41. The topological polar surface area (TPSA) is 56.8 Å². The Morgan fingerprint density at radius 3 is 2.11 bits per heavy atom. The van der Waals surface area contributed by atoms with Crippen LogP contribution in [0.25, 0.3) is 0 Å². The maximum Gasteiger partial charge on any atom is 0.486 e. The lowest BCUT2D eigenvalue weighted by Gasteiger charge is -2.32. The van der Waals surface area contributed by atoms with Gasteiger partial charge in [-0.2, -0.15) is 0 Å². The second-order valence-electron chi connectivity index (χ2n) is 7.68. The maximum absolute atomic E-state index is 12.8. The Balaban J connectivity index is 1.96. The molecule has 1 N–H and O–H groups in total. The van der Waals surface area contributed by atoms with Gasteiger partial charge in [0.05, 0.1) is 24.3 Å². The predicted octanol–water partition coefficient (Wildman–Crippen LogP) is 3.80. The van der Waals surface area contributed by atoms with Crippen LogP contribution in [0.4, 0.5) is 0 Å². The summed E-state index contributed by atoms with van der Waals surface area (Å²) in [6, 6.07) is 16.7. The van der Waals surface area contributed by atoms with E-state index < -0.39 is 24.3 Å². The van der Waals surface area contributed by atoms with Crippen molar-refractivity contribution in [3.05, 3.63) is 65.7 Å². The Hall–Kier alpha value is -2.31. The molecule has 0 spiro atoms. The molecule has 1 heterocycles. The minimum atomic E-state index is -0.640. The molecule has 2 aromatic rings. The quantitative estimate of drug-likeness (QED) is 0.817. The lowest BCUT2D eigenvalue weighted by atomic mass is 9.73. The van der Waals surface area contributed by atoms with E-state index >= 15 is 0 Å². The van der Waals surface area contributed by atoms with Crippen molar-refractivity contribution in [1.82, 2.24) is 5.32 Å². The van der Waals surface area contributed by atoms with Crippen LogP contribution in [0.3, 0.4) is 0 Å². The number of ether oxygens (including phenoxy) is 1. The molecule has 1 amide bonds. The van der Waals surface area contributed by atoms with Gasteiger partial charge in [-0.25, -0.2) is 0 Å². The van der Waals surface area contributed by atoms with Crippen molar-refractivity contribution >= 4 is 13.0 Å². The molecule has 0 aromatic heterocycles. The molecule has 0 radical (unpaired) electrons. The van der Waals surface area contributed by atoms with E-state index in [4.69, 9.17) is 14.0 Å². The lowest BCUT2D eigenvalue weighted by Crippen LogP contribution is -2.41. The zero-order chi connectivity index (χ0) is 19.7. The Morgan fingerprint density at radius 1 is 0.963 bits per heavy atom. The van der Waals surface area contributed by atoms with Gasteiger partial charge in [0.15, 0.2) is 0 Å². The van der Waals surface area contributed by atoms with Crippen LogP contribution < -0.4 is 10.1 Å². The van der Waals surface area contributed by atoms with Crippen molar-refractivity contribution in [2.45, 2.75) is 44.8 Å². The Kier molecular flexibility index (Phi) is 5.31. The largest absolute Gasteiger partial charge is 0.496 e. The smallest absolute Gasteiger partial charge is 0.486 e. The molecule has 0 bridgehead atoms. The van der Waals surface area contributed by atoms with E-state index in [1.165, 1.54) is 0 Å². The summed E-state index contributed by atoms with van der Waals surface area (Å²) in [4.78, 5) is 12.8. The van der Waals surface area contributed by atoms with E-state index in [2.05, 4.69) is 5.32 Å². The van der Waals surface area contributed by atoms with Gasteiger partial charge in [-0.3, -0.25) is 4.79 Å². The van der Waals surface area contributed by atoms with E-state index in [1.807, 2.05) is 70.2 Å². The third kappa shape index (κ3) is 3.87. The summed E-state index contributed by atoms with van der Waals surface area (Å²) in [5.41, 5.74) is 0.377. The van der Waals surface area contributed by atoms with Crippen LogP contribution in [0, 0.1) is 0 Å². The molecule has 1 aliphatic rings. The van der Waals surface area contributed by atoms with E-state index in [-0.39, 0.29) is 5.91 Å². The van der Waals surface area contributed by atoms with E-state index in [9.17, 15) is 4.79 Å². The number of hydrogen-bond donors (Lipinski definition) is 1. The number of methoxy groups -OCH3 is 1. The zero-order valence-corrected chi connectivity index (χ0v) is 16.5. The van der Waals surface area contributed by atoms with Crippen molar-refractivity contribution in [2.75, 3.05) is 7.11 Å². The molecule has 27 heavy (non-hydrogen) atoms. The van der Waals surface area contributed by atoms with Crippen molar-refractivity contribution in [2.24, 2.45) is 0 Å². The van der Waals surface area contributed by atoms with E-state index in [1.54, 1.807) is 19.2 Å². The summed E-state index contributed by atoms with van der Waals surface area (Å²) in [5, 5.41) is 3.07. The number of carbonyl (C=O) groups excluding carboxylic acids is 1. The first-order chi connectivity index (χ1) is 12.7. The minimum absolute atomic E-state index is 0.193. The van der Waals surface area contributed by atoms with E-state index in [0.717, 1.165) is 5.56 Å². The molecule has 0 unspecified atom stereocenters. The van der Waals surface area contributed by atoms with Gasteiger partial charge >= 0.3 is 7.12 Å². The van der Waals surface area contributed by atoms with Crippen molar-refractivity contribution in [3.63, 3.8) is 0 Å². The molecule has 5 nitrogen and oxygen atoms in total. The van der Waals surface area contributed by atoms with Crippen LogP contribution in [0.1, 0.15) is 49.6 Å². The second-order valence-corrected chi connectivity index (χ2v) is 7.68. The SMILES string of the molecule is COc1ccccc1[C@H](NC(=O)c1ccccc1)B1OC(C)(C)C(C)(C)O1. The molecular formula is C21H26BNO4. The summed E-state index contributed by atoms with van der Waals surface area (Å²) in [7, 11) is 0.970. The second kappa shape index (κ2) is 7.37.